The Balaban J connectivity index is 1.66. The van der Waals surface area contributed by atoms with Crippen LogP contribution in [0.15, 0.2) is 28.7 Å². The zero-order valence-corrected chi connectivity index (χ0v) is 17.7. The van der Waals surface area contributed by atoms with Crippen LogP contribution in [0.4, 0.5) is 4.79 Å². The largest absolute Gasteiger partial charge is 0.465 e. The van der Waals surface area contributed by atoms with Crippen molar-refractivity contribution in [2.45, 2.75) is 39.7 Å². The normalized spacial score (nSPS) is 18.9. The van der Waals surface area contributed by atoms with Crippen molar-refractivity contribution >= 4 is 22.0 Å². The van der Waals surface area contributed by atoms with Gasteiger partial charge in [0.05, 0.1) is 12.6 Å². The summed E-state index contributed by atoms with van der Waals surface area (Å²) in [5.74, 6) is 0. The molecule has 146 valence electrons. The van der Waals surface area contributed by atoms with Gasteiger partial charge in [0.2, 0.25) is 0 Å². The van der Waals surface area contributed by atoms with Crippen molar-refractivity contribution in [2.24, 2.45) is 5.41 Å². The number of rotatable bonds is 7. The second kappa shape index (κ2) is 9.72. The third-order valence-electron chi connectivity index (χ3n) is 4.92. The van der Waals surface area contributed by atoms with E-state index in [1.165, 1.54) is 5.56 Å². The summed E-state index contributed by atoms with van der Waals surface area (Å²) in [5, 5.41) is 9.43. The second-order valence-electron chi connectivity index (χ2n) is 8.00. The Kier molecular flexibility index (Phi) is 7.92. The third kappa shape index (κ3) is 6.56. The Labute approximate surface area is 165 Å². The molecule has 1 heterocycles. The Morgan fingerprint density at radius 2 is 1.92 bits per heavy atom. The maximum absolute atomic E-state index is 11.5. The number of hydrogen-bond donors (Lipinski definition) is 1. The molecule has 0 bridgehead atoms. The van der Waals surface area contributed by atoms with Gasteiger partial charge in [-0.3, -0.25) is 4.90 Å². The van der Waals surface area contributed by atoms with E-state index in [0.29, 0.717) is 6.54 Å². The fraction of sp³-hybridized carbons (Fsp3) is 0.650. The summed E-state index contributed by atoms with van der Waals surface area (Å²) in [6.45, 7) is 11.0. The van der Waals surface area contributed by atoms with Crippen molar-refractivity contribution in [3.63, 3.8) is 0 Å². The van der Waals surface area contributed by atoms with E-state index in [2.05, 4.69) is 65.9 Å². The number of ether oxygens (including phenoxy) is 1. The first-order valence-electron chi connectivity index (χ1n) is 9.31. The summed E-state index contributed by atoms with van der Waals surface area (Å²) in [4.78, 5) is 15.4. The Morgan fingerprint density at radius 3 is 2.54 bits per heavy atom. The number of piperazine rings is 1. The first-order valence-corrected chi connectivity index (χ1v) is 10.1. The molecule has 1 aromatic rings. The van der Waals surface area contributed by atoms with E-state index in [9.17, 15) is 9.90 Å². The average Bonchev–Trinajstić information content (AvgIpc) is 2.58. The van der Waals surface area contributed by atoms with E-state index in [-0.39, 0.29) is 11.5 Å². The predicted octanol–water partition coefficient (Wildman–Crippen LogP) is 4.11. The molecule has 0 aliphatic carbocycles. The molecule has 1 atom stereocenters. The molecule has 5 nitrogen and oxygen atoms in total. The molecule has 1 aliphatic rings. The fourth-order valence-corrected chi connectivity index (χ4v) is 3.61. The SMILES string of the molecule is CC(C)(C)C1CN(CCCOCCc2ccc(Br)cc2)CCN1C(=O)O. The standard InChI is InChI=1S/C20H31BrN2O3/c1-20(2,3)18-15-22(11-12-23(18)19(24)25)10-4-13-26-14-9-16-5-7-17(21)8-6-16/h5-8,18H,4,9-15H2,1-3H3,(H,24,25). The molecule has 26 heavy (non-hydrogen) atoms. The summed E-state index contributed by atoms with van der Waals surface area (Å²) in [6.07, 6.45) is 1.10. The molecule has 1 N–H and O–H groups in total. The highest BCUT2D eigenvalue weighted by atomic mass is 79.9. The number of nitrogens with zero attached hydrogens (tertiary/aromatic N) is 2. The van der Waals surface area contributed by atoms with Crippen LogP contribution in [0.1, 0.15) is 32.8 Å². The van der Waals surface area contributed by atoms with Crippen LogP contribution < -0.4 is 0 Å². The minimum atomic E-state index is -0.805. The van der Waals surface area contributed by atoms with Crippen LogP contribution in [0.3, 0.4) is 0 Å². The number of amides is 1. The van der Waals surface area contributed by atoms with Gasteiger partial charge in [0.25, 0.3) is 0 Å². The summed E-state index contributed by atoms with van der Waals surface area (Å²) < 4.78 is 6.87. The molecule has 6 heteroatoms. The van der Waals surface area contributed by atoms with Crippen molar-refractivity contribution in [2.75, 3.05) is 39.4 Å². The maximum Gasteiger partial charge on any atom is 0.407 e. The Morgan fingerprint density at radius 1 is 1.23 bits per heavy atom. The molecular formula is C20H31BrN2O3. The lowest BCUT2D eigenvalue weighted by molar-refractivity contribution is 0.0181. The summed E-state index contributed by atoms with van der Waals surface area (Å²) in [5.41, 5.74) is 1.23. The van der Waals surface area contributed by atoms with E-state index in [1.54, 1.807) is 4.90 Å². The summed E-state index contributed by atoms with van der Waals surface area (Å²) >= 11 is 3.44. The van der Waals surface area contributed by atoms with E-state index in [4.69, 9.17) is 4.74 Å². The van der Waals surface area contributed by atoms with Crippen LogP contribution in [0.2, 0.25) is 0 Å². The molecule has 1 unspecified atom stereocenters. The minimum absolute atomic E-state index is 0.0343. The number of carboxylic acid groups (broad SMARTS) is 1. The smallest absolute Gasteiger partial charge is 0.407 e. The van der Waals surface area contributed by atoms with Crippen LogP contribution in [0.25, 0.3) is 0 Å². The van der Waals surface area contributed by atoms with Gasteiger partial charge < -0.3 is 14.7 Å². The van der Waals surface area contributed by atoms with E-state index >= 15 is 0 Å². The van der Waals surface area contributed by atoms with Crippen LogP contribution in [0, 0.1) is 5.41 Å². The minimum Gasteiger partial charge on any atom is -0.465 e. The van der Waals surface area contributed by atoms with E-state index in [1.807, 2.05) is 0 Å². The molecular weight excluding hydrogens is 396 g/mol. The van der Waals surface area contributed by atoms with Gasteiger partial charge in [0, 0.05) is 37.3 Å². The van der Waals surface area contributed by atoms with Crippen LogP contribution >= 0.6 is 15.9 Å². The Bertz CT molecular complexity index is 571. The first-order chi connectivity index (χ1) is 12.3. The van der Waals surface area contributed by atoms with Crippen LogP contribution in [0.5, 0.6) is 0 Å². The Hall–Kier alpha value is -1.11. The molecule has 0 spiro atoms. The molecule has 2 rings (SSSR count). The first kappa shape index (κ1) is 21.2. The molecule has 0 saturated carbocycles. The number of carbonyl (C=O) groups is 1. The number of hydrogen-bond acceptors (Lipinski definition) is 3. The molecule has 1 saturated heterocycles. The van der Waals surface area contributed by atoms with Gasteiger partial charge in [0.15, 0.2) is 0 Å². The second-order valence-corrected chi connectivity index (χ2v) is 8.92. The van der Waals surface area contributed by atoms with Gasteiger partial charge in [-0.1, -0.05) is 48.8 Å². The van der Waals surface area contributed by atoms with Crippen molar-refractivity contribution in [3.8, 4) is 0 Å². The molecule has 0 radical (unpaired) electrons. The topological polar surface area (TPSA) is 53.0 Å². The quantitative estimate of drug-likeness (QED) is 0.666. The van der Waals surface area contributed by atoms with Gasteiger partial charge >= 0.3 is 6.09 Å². The molecule has 1 amide bonds. The average molecular weight is 427 g/mol. The van der Waals surface area contributed by atoms with Crippen molar-refractivity contribution in [1.82, 2.24) is 9.80 Å². The summed E-state index contributed by atoms with van der Waals surface area (Å²) in [6, 6.07) is 8.37. The molecule has 1 aliphatic heterocycles. The third-order valence-corrected chi connectivity index (χ3v) is 5.45. The highest BCUT2D eigenvalue weighted by Crippen LogP contribution is 2.27. The van der Waals surface area contributed by atoms with Crippen LogP contribution in [-0.4, -0.2) is 66.4 Å². The van der Waals surface area contributed by atoms with Gasteiger partial charge in [-0.05, 0) is 36.0 Å². The lowest BCUT2D eigenvalue weighted by Gasteiger charge is -2.46. The van der Waals surface area contributed by atoms with Crippen LogP contribution in [-0.2, 0) is 11.2 Å². The lowest BCUT2D eigenvalue weighted by atomic mass is 9.84. The molecule has 0 aromatic heterocycles. The van der Waals surface area contributed by atoms with Gasteiger partial charge in [-0.2, -0.15) is 0 Å². The number of halogens is 1. The molecule has 1 fully saturated rings. The van der Waals surface area contributed by atoms with E-state index < -0.39 is 6.09 Å². The van der Waals surface area contributed by atoms with Gasteiger partial charge in [0.1, 0.15) is 0 Å². The highest BCUT2D eigenvalue weighted by molar-refractivity contribution is 9.10. The lowest BCUT2D eigenvalue weighted by Crippen LogP contribution is -2.59. The number of benzene rings is 1. The monoisotopic (exact) mass is 426 g/mol. The van der Waals surface area contributed by atoms with Crippen molar-refractivity contribution in [1.29, 1.82) is 0 Å². The van der Waals surface area contributed by atoms with Gasteiger partial charge in [-0.25, -0.2) is 4.79 Å². The maximum atomic E-state index is 11.5. The fourth-order valence-electron chi connectivity index (χ4n) is 3.35. The summed E-state index contributed by atoms with van der Waals surface area (Å²) in [7, 11) is 0. The molecule has 1 aromatic carbocycles. The van der Waals surface area contributed by atoms with Crippen molar-refractivity contribution < 1.29 is 14.6 Å². The zero-order chi connectivity index (χ0) is 19.2. The predicted molar refractivity (Wildman–Crippen MR) is 108 cm³/mol. The van der Waals surface area contributed by atoms with Crippen molar-refractivity contribution in [3.05, 3.63) is 34.3 Å². The highest BCUT2D eigenvalue weighted by Gasteiger charge is 2.37. The zero-order valence-electron chi connectivity index (χ0n) is 16.1. The van der Waals surface area contributed by atoms with E-state index in [0.717, 1.165) is 50.2 Å². The van der Waals surface area contributed by atoms with Gasteiger partial charge in [-0.15, -0.1) is 0 Å².